The summed E-state index contributed by atoms with van der Waals surface area (Å²) in [5.41, 5.74) is 7.85. The number of aryl methyl sites for hydroxylation is 1. The van der Waals surface area contributed by atoms with Crippen LogP contribution in [0.4, 0.5) is 0 Å². The fraction of sp³-hybridized carbons (Fsp3) is 0.294. The molecule has 0 unspecified atom stereocenters. The summed E-state index contributed by atoms with van der Waals surface area (Å²) >= 11 is 6.02. The molecule has 3 N–H and O–H groups in total. The van der Waals surface area contributed by atoms with Crippen molar-refractivity contribution in [3.63, 3.8) is 0 Å². The Bertz CT molecular complexity index is 753. The Balaban J connectivity index is 2.00. The quantitative estimate of drug-likeness (QED) is 0.641. The Morgan fingerprint density at radius 1 is 1.42 bits per heavy atom. The number of hydrogen-bond acceptors (Lipinski definition) is 2. The van der Waals surface area contributed by atoms with E-state index in [2.05, 4.69) is 10.3 Å². The van der Waals surface area contributed by atoms with Crippen molar-refractivity contribution in [2.24, 2.45) is 17.8 Å². The van der Waals surface area contributed by atoms with Crippen LogP contribution in [0.5, 0.6) is 0 Å². The van der Waals surface area contributed by atoms with Crippen LogP contribution in [0.15, 0.2) is 41.5 Å². The second-order valence-corrected chi connectivity index (χ2v) is 6.02. The smallest absolute Gasteiger partial charge is 0.248 e. The zero-order valence-corrected chi connectivity index (χ0v) is 14.8. The molecule has 24 heavy (non-hydrogen) atoms. The lowest BCUT2D eigenvalue weighted by Crippen LogP contribution is -2.38. The van der Waals surface area contributed by atoms with Gasteiger partial charge in [0, 0.05) is 45.1 Å². The van der Waals surface area contributed by atoms with E-state index < -0.39 is 5.91 Å². The molecule has 1 aromatic carbocycles. The average Bonchev–Trinajstić information content (AvgIpc) is 2.85. The van der Waals surface area contributed by atoms with Crippen molar-refractivity contribution < 1.29 is 4.79 Å². The minimum atomic E-state index is -0.432. The van der Waals surface area contributed by atoms with E-state index in [1.54, 1.807) is 19.2 Å². The van der Waals surface area contributed by atoms with Gasteiger partial charge in [0.15, 0.2) is 5.96 Å². The van der Waals surface area contributed by atoms with Crippen molar-refractivity contribution >= 4 is 23.5 Å². The maximum atomic E-state index is 11.2. The lowest BCUT2D eigenvalue weighted by atomic mass is 10.1. The molecule has 0 saturated heterocycles. The van der Waals surface area contributed by atoms with Crippen LogP contribution in [0, 0.1) is 0 Å². The summed E-state index contributed by atoms with van der Waals surface area (Å²) in [6.07, 6.45) is 1.87. The van der Waals surface area contributed by atoms with Gasteiger partial charge in [-0.25, -0.2) is 0 Å². The second kappa shape index (κ2) is 7.88. The van der Waals surface area contributed by atoms with Gasteiger partial charge in [0.1, 0.15) is 0 Å². The fourth-order valence-electron chi connectivity index (χ4n) is 2.44. The lowest BCUT2D eigenvalue weighted by molar-refractivity contribution is 0.1000. The zero-order valence-electron chi connectivity index (χ0n) is 14.1. The van der Waals surface area contributed by atoms with Crippen LogP contribution in [-0.2, 0) is 20.1 Å². The number of carbonyl (C=O) groups excluding carboxylic acids is 1. The number of rotatable bonds is 5. The number of nitrogens with one attached hydrogen (secondary N) is 1. The van der Waals surface area contributed by atoms with Crippen molar-refractivity contribution in [3.8, 4) is 0 Å². The molecule has 7 heteroatoms. The van der Waals surface area contributed by atoms with Crippen molar-refractivity contribution in [2.45, 2.75) is 13.1 Å². The van der Waals surface area contributed by atoms with Gasteiger partial charge in [-0.3, -0.25) is 9.79 Å². The number of primary amides is 1. The molecule has 0 aliphatic heterocycles. The van der Waals surface area contributed by atoms with E-state index in [9.17, 15) is 4.79 Å². The standard InChI is InChI=1S/C17H22ClN5O/c1-20-17(23(3)11-15-8-14(18)10-22(15)2)21-9-12-5-4-6-13(7-12)16(19)24/h4-8,10H,9,11H2,1-3H3,(H2,19,24)(H,20,21). The highest BCUT2D eigenvalue weighted by molar-refractivity contribution is 6.30. The number of nitrogens with zero attached hydrogens (tertiary/aromatic N) is 3. The molecule has 0 aliphatic rings. The van der Waals surface area contributed by atoms with E-state index in [1.807, 2.05) is 48.0 Å². The van der Waals surface area contributed by atoms with E-state index in [0.29, 0.717) is 23.7 Å². The predicted molar refractivity (Wildman–Crippen MR) is 97.0 cm³/mol. The first-order valence-electron chi connectivity index (χ1n) is 7.52. The molecule has 0 spiro atoms. The molecule has 0 radical (unpaired) electrons. The third-order valence-corrected chi connectivity index (χ3v) is 3.92. The fourth-order valence-corrected chi connectivity index (χ4v) is 2.71. The molecular weight excluding hydrogens is 326 g/mol. The van der Waals surface area contributed by atoms with Gasteiger partial charge in [0.05, 0.1) is 11.6 Å². The SMILES string of the molecule is CN=C(NCc1cccc(C(N)=O)c1)N(C)Cc1cc(Cl)cn1C. The summed E-state index contributed by atoms with van der Waals surface area (Å²) in [7, 11) is 5.65. The highest BCUT2D eigenvalue weighted by Gasteiger charge is 2.10. The van der Waals surface area contributed by atoms with E-state index in [0.717, 1.165) is 17.2 Å². The molecule has 0 atom stereocenters. The highest BCUT2D eigenvalue weighted by atomic mass is 35.5. The van der Waals surface area contributed by atoms with Crippen LogP contribution >= 0.6 is 11.6 Å². The van der Waals surface area contributed by atoms with E-state index in [4.69, 9.17) is 17.3 Å². The molecule has 1 aromatic heterocycles. The monoisotopic (exact) mass is 347 g/mol. The highest BCUT2D eigenvalue weighted by Crippen LogP contribution is 2.14. The molecule has 0 aliphatic carbocycles. The molecule has 2 aromatic rings. The number of halogens is 1. The van der Waals surface area contributed by atoms with Gasteiger partial charge in [0.25, 0.3) is 0 Å². The molecule has 6 nitrogen and oxygen atoms in total. The number of aromatic nitrogens is 1. The molecule has 0 fully saturated rings. The summed E-state index contributed by atoms with van der Waals surface area (Å²) in [4.78, 5) is 17.5. The van der Waals surface area contributed by atoms with Crippen LogP contribution in [0.3, 0.4) is 0 Å². The van der Waals surface area contributed by atoms with Crippen molar-refractivity contribution in [1.82, 2.24) is 14.8 Å². The first-order valence-corrected chi connectivity index (χ1v) is 7.89. The Morgan fingerprint density at radius 3 is 2.75 bits per heavy atom. The van der Waals surface area contributed by atoms with Gasteiger partial charge in [0.2, 0.25) is 5.91 Å². The Hall–Kier alpha value is -2.47. The molecule has 0 bridgehead atoms. The van der Waals surface area contributed by atoms with E-state index in [-0.39, 0.29) is 0 Å². The topological polar surface area (TPSA) is 75.6 Å². The van der Waals surface area contributed by atoms with Crippen LogP contribution in [0.1, 0.15) is 21.6 Å². The van der Waals surface area contributed by atoms with E-state index >= 15 is 0 Å². The largest absolute Gasteiger partial charge is 0.366 e. The third-order valence-electron chi connectivity index (χ3n) is 3.71. The summed E-state index contributed by atoms with van der Waals surface area (Å²) < 4.78 is 1.99. The van der Waals surface area contributed by atoms with Crippen molar-refractivity contribution in [2.75, 3.05) is 14.1 Å². The van der Waals surface area contributed by atoms with Gasteiger partial charge in [-0.1, -0.05) is 23.7 Å². The maximum Gasteiger partial charge on any atom is 0.248 e. The minimum absolute atomic E-state index is 0.432. The molecule has 0 saturated carbocycles. The van der Waals surface area contributed by atoms with Gasteiger partial charge >= 0.3 is 0 Å². The molecule has 128 valence electrons. The second-order valence-electron chi connectivity index (χ2n) is 5.58. The lowest BCUT2D eigenvalue weighted by Gasteiger charge is -2.22. The van der Waals surface area contributed by atoms with Crippen LogP contribution in [0.2, 0.25) is 5.02 Å². The maximum absolute atomic E-state index is 11.2. The summed E-state index contributed by atoms with van der Waals surface area (Å²) in [6, 6.07) is 9.16. The van der Waals surface area contributed by atoms with Gasteiger partial charge < -0.3 is 20.5 Å². The first kappa shape index (κ1) is 17.9. The van der Waals surface area contributed by atoms with Gasteiger partial charge in [-0.2, -0.15) is 0 Å². The average molecular weight is 348 g/mol. The Labute approximate surface area is 146 Å². The minimum Gasteiger partial charge on any atom is -0.366 e. The number of guanidine groups is 1. The summed E-state index contributed by atoms with van der Waals surface area (Å²) in [5.74, 6) is 0.315. The third kappa shape index (κ3) is 4.52. The number of aliphatic imine (C=N–C) groups is 1. The number of hydrogen-bond donors (Lipinski definition) is 2. The summed E-state index contributed by atoms with van der Waals surface area (Å²) in [6.45, 7) is 1.22. The van der Waals surface area contributed by atoms with Crippen LogP contribution in [-0.4, -0.2) is 35.4 Å². The van der Waals surface area contributed by atoms with Crippen molar-refractivity contribution in [3.05, 3.63) is 58.4 Å². The van der Waals surface area contributed by atoms with E-state index in [1.165, 1.54) is 0 Å². The molecule has 1 amide bonds. The normalized spacial score (nSPS) is 11.4. The number of amides is 1. The number of carbonyl (C=O) groups is 1. The number of benzene rings is 1. The molecule has 1 heterocycles. The van der Waals surface area contributed by atoms with Crippen LogP contribution < -0.4 is 11.1 Å². The Morgan fingerprint density at radius 2 is 2.17 bits per heavy atom. The van der Waals surface area contributed by atoms with Crippen molar-refractivity contribution in [1.29, 1.82) is 0 Å². The predicted octanol–water partition coefficient (Wildman–Crippen LogP) is 1.98. The Kier molecular flexibility index (Phi) is 5.87. The first-order chi connectivity index (χ1) is 11.4. The molecular formula is C17H22ClN5O. The van der Waals surface area contributed by atoms with Gasteiger partial charge in [-0.15, -0.1) is 0 Å². The molecule has 2 rings (SSSR count). The zero-order chi connectivity index (χ0) is 17.7. The van der Waals surface area contributed by atoms with Crippen LogP contribution in [0.25, 0.3) is 0 Å². The summed E-state index contributed by atoms with van der Waals surface area (Å²) in [5, 5.41) is 3.99. The van der Waals surface area contributed by atoms with Gasteiger partial charge in [-0.05, 0) is 23.8 Å². The number of nitrogens with two attached hydrogens (primary N) is 1.